The highest BCUT2D eigenvalue weighted by Crippen LogP contribution is 2.27. The van der Waals surface area contributed by atoms with E-state index in [0.29, 0.717) is 43.7 Å². The fourth-order valence-electron chi connectivity index (χ4n) is 2.34. The minimum atomic E-state index is 0.231. The van der Waals surface area contributed by atoms with Crippen LogP contribution in [0.5, 0.6) is 5.75 Å². The Balaban J connectivity index is 1.46. The number of nitrogens with one attached hydrogen (secondary N) is 1. The summed E-state index contributed by atoms with van der Waals surface area (Å²) in [4.78, 5) is 0. The molecule has 28 heavy (non-hydrogen) atoms. The Morgan fingerprint density at radius 2 is 2.11 bits per heavy atom. The molecule has 0 aliphatic carbocycles. The molecule has 3 heterocycles. The number of rotatable bonds is 6. The Kier molecular flexibility index (Phi) is 5.34. The lowest BCUT2D eigenvalue weighted by atomic mass is 10.3. The topological polar surface area (TPSA) is 81.5 Å². The fourth-order valence-corrected chi connectivity index (χ4v) is 2.81. The number of hydrogen-bond donors (Lipinski definition) is 1. The number of furan rings is 2. The number of benzene rings is 1. The minimum absolute atomic E-state index is 0.231. The van der Waals surface area contributed by atoms with Gasteiger partial charge in [0.2, 0.25) is 10.6 Å². The molecule has 0 radical (unpaired) electrons. The van der Waals surface area contributed by atoms with Gasteiger partial charge < -0.3 is 13.6 Å². The Labute approximate surface area is 174 Å². The van der Waals surface area contributed by atoms with Crippen molar-refractivity contribution < 1.29 is 13.6 Å². The van der Waals surface area contributed by atoms with Gasteiger partial charge >= 0.3 is 0 Å². The van der Waals surface area contributed by atoms with Gasteiger partial charge in [-0.3, -0.25) is 0 Å². The first-order valence-electron chi connectivity index (χ1n) is 8.02. The van der Waals surface area contributed by atoms with Crippen molar-refractivity contribution in [2.45, 2.75) is 6.61 Å². The van der Waals surface area contributed by atoms with Gasteiger partial charge in [-0.1, -0.05) is 23.2 Å². The maximum absolute atomic E-state index is 5.97. The van der Waals surface area contributed by atoms with Crippen LogP contribution in [0.1, 0.15) is 11.5 Å². The van der Waals surface area contributed by atoms with Crippen LogP contribution < -0.4 is 4.74 Å². The summed E-state index contributed by atoms with van der Waals surface area (Å²) in [5.41, 5.74) is 0. The van der Waals surface area contributed by atoms with Crippen molar-refractivity contribution in [1.29, 1.82) is 0 Å². The Bertz CT molecular complexity index is 1180. The molecule has 0 spiro atoms. The van der Waals surface area contributed by atoms with Crippen LogP contribution in [0.15, 0.2) is 62.7 Å². The van der Waals surface area contributed by atoms with Gasteiger partial charge in [0.25, 0.3) is 0 Å². The van der Waals surface area contributed by atoms with E-state index >= 15 is 0 Å². The summed E-state index contributed by atoms with van der Waals surface area (Å²) < 4.78 is 18.5. The number of nitrogens with zero attached hydrogens (tertiary/aromatic N) is 3. The molecule has 1 aromatic carbocycles. The van der Waals surface area contributed by atoms with Crippen LogP contribution in [0.4, 0.5) is 0 Å². The predicted octanol–water partition coefficient (Wildman–Crippen LogP) is 5.56. The average molecular weight is 435 g/mol. The Morgan fingerprint density at radius 3 is 2.89 bits per heavy atom. The molecule has 0 aliphatic rings. The quantitative estimate of drug-likeness (QED) is 0.317. The molecule has 0 amide bonds. The van der Waals surface area contributed by atoms with Crippen molar-refractivity contribution in [3.8, 4) is 17.3 Å². The average Bonchev–Trinajstić information content (AvgIpc) is 3.42. The lowest BCUT2D eigenvalue weighted by Gasteiger charge is -2.05. The summed E-state index contributed by atoms with van der Waals surface area (Å²) in [6.07, 6.45) is 3.08. The van der Waals surface area contributed by atoms with Crippen molar-refractivity contribution in [3.63, 3.8) is 0 Å². The zero-order chi connectivity index (χ0) is 19.5. The molecule has 0 saturated heterocycles. The molecule has 4 rings (SSSR count). The summed E-state index contributed by atoms with van der Waals surface area (Å²) in [6, 6.07) is 12.1. The number of ether oxygens (including phenoxy) is 1. The van der Waals surface area contributed by atoms with Gasteiger partial charge in [-0.15, -0.1) is 5.10 Å². The van der Waals surface area contributed by atoms with Crippen molar-refractivity contribution >= 4 is 41.6 Å². The summed E-state index contributed by atoms with van der Waals surface area (Å²) in [5.74, 6) is 2.74. The van der Waals surface area contributed by atoms with Crippen LogP contribution in [0.3, 0.4) is 0 Å². The van der Waals surface area contributed by atoms with Crippen molar-refractivity contribution in [1.82, 2.24) is 14.9 Å². The molecule has 0 saturated carbocycles. The van der Waals surface area contributed by atoms with Gasteiger partial charge in [0.05, 0.1) is 22.5 Å². The molecule has 142 valence electrons. The van der Waals surface area contributed by atoms with Crippen LogP contribution >= 0.6 is 35.4 Å². The van der Waals surface area contributed by atoms with E-state index in [1.54, 1.807) is 48.7 Å². The van der Waals surface area contributed by atoms with Gasteiger partial charge in [-0.2, -0.15) is 9.78 Å². The van der Waals surface area contributed by atoms with Crippen LogP contribution in [0.25, 0.3) is 11.6 Å². The third kappa shape index (κ3) is 4.04. The maximum Gasteiger partial charge on any atom is 0.219 e. The largest absolute Gasteiger partial charge is 0.486 e. The van der Waals surface area contributed by atoms with Gasteiger partial charge in [0.1, 0.15) is 23.9 Å². The van der Waals surface area contributed by atoms with Gasteiger partial charge in [0, 0.05) is 6.07 Å². The van der Waals surface area contributed by atoms with Crippen LogP contribution in [-0.4, -0.2) is 21.1 Å². The molecule has 0 fully saturated rings. The van der Waals surface area contributed by atoms with Crippen molar-refractivity contribution in [2.24, 2.45) is 5.10 Å². The number of aromatic amines is 1. The molecule has 0 bridgehead atoms. The first-order chi connectivity index (χ1) is 13.6. The van der Waals surface area contributed by atoms with E-state index in [1.807, 2.05) is 0 Å². The number of aromatic nitrogens is 3. The first-order valence-corrected chi connectivity index (χ1v) is 9.19. The number of hydrogen-bond acceptors (Lipinski definition) is 6. The summed E-state index contributed by atoms with van der Waals surface area (Å²) >= 11 is 17.1. The highest BCUT2D eigenvalue weighted by atomic mass is 35.5. The molecule has 0 atom stereocenters. The smallest absolute Gasteiger partial charge is 0.219 e. The zero-order valence-corrected chi connectivity index (χ0v) is 16.5. The van der Waals surface area contributed by atoms with E-state index in [4.69, 9.17) is 49.0 Å². The van der Waals surface area contributed by atoms with E-state index in [0.717, 1.165) is 0 Å². The molecule has 4 aromatic rings. The third-order valence-corrected chi connectivity index (χ3v) is 4.65. The van der Waals surface area contributed by atoms with Crippen LogP contribution in [0.2, 0.25) is 10.0 Å². The van der Waals surface area contributed by atoms with E-state index < -0.39 is 0 Å². The predicted molar refractivity (Wildman–Crippen MR) is 108 cm³/mol. The zero-order valence-electron chi connectivity index (χ0n) is 14.1. The molecule has 7 nitrogen and oxygen atoms in total. The SMILES string of the molecule is S=c1[nH]nc(-c2ccco2)n1/N=C\c1ccc(COc2ccc(Cl)c(Cl)c2)o1. The van der Waals surface area contributed by atoms with Gasteiger partial charge in [0.15, 0.2) is 5.76 Å². The molecule has 10 heteroatoms. The molecule has 1 N–H and O–H groups in total. The van der Waals surface area contributed by atoms with Gasteiger partial charge in [-0.25, -0.2) is 5.10 Å². The molecular weight excluding hydrogens is 423 g/mol. The maximum atomic E-state index is 5.97. The summed E-state index contributed by atoms with van der Waals surface area (Å²) in [6.45, 7) is 0.231. The standard InChI is InChI=1S/C18H12Cl2N4O3S/c19-14-6-5-11(8-15(14)20)26-10-13-4-3-12(27-13)9-21-24-17(22-23-18(24)28)16-2-1-7-25-16/h1-9H,10H2,(H,23,28)/b21-9-. The second kappa shape index (κ2) is 8.05. The van der Waals surface area contributed by atoms with Crippen LogP contribution in [0, 0.1) is 4.77 Å². The highest BCUT2D eigenvalue weighted by molar-refractivity contribution is 7.71. The fraction of sp³-hybridized carbons (Fsp3) is 0.0556. The lowest BCUT2D eigenvalue weighted by molar-refractivity contribution is 0.270. The molecule has 0 unspecified atom stereocenters. The molecule has 3 aromatic heterocycles. The second-order valence-electron chi connectivity index (χ2n) is 5.55. The van der Waals surface area contributed by atoms with E-state index in [1.165, 1.54) is 10.9 Å². The third-order valence-electron chi connectivity index (χ3n) is 3.65. The van der Waals surface area contributed by atoms with Gasteiger partial charge in [-0.05, 0) is 48.6 Å². The lowest BCUT2D eigenvalue weighted by Crippen LogP contribution is -1.94. The molecular formula is C18H12Cl2N4O3S. The van der Waals surface area contributed by atoms with E-state index in [2.05, 4.69) is 15.3 Å². The molecule has 0 aliphatic heterocycles. The number of halogens is 2. The van der Waals surface area contributed by atoms with Crippen molar-refractivity contribution in [3.05, 3.63) is 75.1 Å². The first kappa shape index (κ1) is 18.5. The Hall–Kier alpha value is -2.81. The monoisotopic (exact) mass is 434 g/mol. The Morgan fingerprint density at radius 1 is 1.21 bits per heavy atom. The minimum Gasteiger partial charge on any atom is -0.486 e. The van der Waals surface area contributed by atoms with Crippen LogP contribution in [-0.2, 0) is 6.61 Å². The summed E-state index contributed by atoms with van der Waals surface area (Å²) in [5, 5.41) is 12.0. The van der Waals surface area contributed by atoms with Crippen molar-refractivity contribution in [2.75, 3.05) is 0 Å². The summed E-state index contributed by atoms with van der Waals surface area (Å²) in [7, 11) is 0. The highest BCUT2D eigenvalue weighted by Gasteiger charge is 2.10. The number of H-pyrrole nitrogens is 1. The normalized spacial score (nSPS) is 11.4. The second-order valence-corrected chi connectivity index (χ2v) is 6.76. The van der Waals surface area contributed by atoms with E-state index in [9.17, 15) is 0 Å². The van der Waals surface area contributed by atoms with E-state index in [-0.39, 0.29) is 6.61 Å².